The number of hydrogen-bond acceptors (Lipinski definition) is 3. The Hall–Kier alpha value is -0.780. The summed E-state index contributed by atoms with van der Waals surface area (Å²) >= 11 is 0. The van der Waals surface area contributed by atoms with Crippen LogP contribution in [0.15, 0.2) is 0 Å². The summed E-state index contributed by atoms with van der Waals surface area (Å²) in [4.78, 5) is 11.4. The lowest BCUT2D eigenvalue weighted by Gasteiger charge is -2.28. The van der Waals surface area contributed by atoms with Crippen LogP contribution in [0, 0.1) is 11.3 Å². The van der Waals surface area contributed by atoms with Crippen LogP contribution in [0.2, 0.25) is 0 Å². The van der Waals surface area contributed by atoms with Gasteiger partial charge in [0.15, 0.2) is 5.92 Å². The van der Waals surface area contributed by atoms with E-state index in [-0.39, 0.29) is 26.1 Å². The molecule has 0 rings (SSSR count). The summed E-state index contributed by atoms with van der Waals surface area (Å²) in [7, 11) is 0. The van der Waals surface area contributed by atoms with Crippen LogP contribution in [0.5, 0.6) is 0 Å². The molecule has 6 heteroatoms. The summed E-state index contributed by atoms with van der Waals surface area (Å²) in [6.07, 6.45) is -4.19. The highest BCUT2D eigenvalue weighted by Crippen LogP contribution is 2.38. The fourth-order valence-corrected chi connectivity index (χ4v) is 1.37. The van der Waals surface area contributed by atoms with Gasteiger partial charge in [-0.15, -0.1) is 0 Å². The second-order valence-electron chi connectivity index (χ2n) is 5.06. The lowest BCUT2D eigenvalue weighted by atomic mass is 9.80. The molecule has 0 aromatic heterocycles. The first kappa shape index (κ1) is 17.2. The predicted octanol–water partition coefficient (Wildman–Crippen LogP) is 2.92. The van der Waals surface area contributed by atoms with Gasteiger partial charge in [-0.3, -0.25) is 4.79 Å². The van der Waals surface area contributed by atoms with E-state index in [0.717, 1.165) is 0 Å². The molecular formula is C12H21F3O3. The largest absolute Gasteiger partial charge is 0.465 e. The van der Waals surface area contributed by atoms with Gasteiger partial charge in [-0.1, -0.05) is 27.2 Å². The Balaban J connectivity index is 4.65. The topological polar surface area (TPSA) is 46.5 Å². The van der Waals surface area contributed by atoms with Gasteiger partial charge in [0.25, 0.3) is 0 Å². The van der Waals surface area contributed by atoms with Gasteiger partial charge in [-0.05, 0) is 11.8 Å². The molecule has 0 saturated carbocycles. The molecule has 0 aliphatic heterocycles. The molecule has 0 spiro atoms. The molecule has 0 amide bonds. The number of rotatable bonds is 7. The maximum absolute atomic E-state index is 12.8. The van der Waals surface area contributed by atoms with Crippen LogP contribution in [0.3, 0.4) is 0 Å². The van der Waals surface area contributed by atoms with Crippen molar-refractivity contribution < 1.29 is 27.8 Å². The Labute approximate surface area is 105 Å². The van der Waals surface area contributed by atoms with Gasteiger partial charge in [0.1, 0.15) is 0 Å². The third kappa shape index (κ3) is 6.23. The summed E-state index contributed by atoms with van der Waals surface area (Å²) < 4.78 is 42.9. The molecule has 1 unspecified atom stereocenters. The molecule has 0 bridgehead atoms. The number of ether oxygens (including phenoxy) is 1. The minimum absolute atomic E-state index is 0.146. The molecule has 0 radical (unpaired) electrons. The fraction of sp³-hybridized carbons (Fsp3) is 0.917. The molecule has 1 atom stereocenters. The lowest BCUT2D eigenvalue weighted by Crippen LogP contribution is -2.36. The van der Waals surface area contributed by atoms with Crippen molar-refractivity contribution in [2.45, 2.75) is 46.2 Å². The highest BCUT2D eigenvalue weighted by Gasteiger charge is 2.47. The van der Waals surface area contributed by atoms with Gasteiger partial charge in [-0.25, -0.2) is 0 Å². The Morgan fingerprint density at radius 3 is 2.28 bits per heavy atom. The average molecular weight is 270 g/mol. The average Bonchev–Trinajstić information content (AvgIpc) is 2.25. The van der Waals surface area contributed by atoms with Gasteiger partial charge in [0.2, 0.25) is 0 Å². The van der Waals surface area contributed by atoms with Crippen molar-refractivity contribution in [1.29, 1.82) is 0 Å². The molecule has 0 saturated heterocycles. The Kier molecular flexibility index (Phi) is 6.67. The maximum Gasteiger partial charge on any atom is 0.402 e. The quantitative estimate of drug-likeness (QED) is 0.571. The zero-order valence-corrected chi connectivity index (χ0v) is 11.0. The van der Waals surface area contributed by atoms with Crippen LogP contribution < -0.4 is 0 Å². The SMILES string of the molecule is CCC(C)(C)CC(C(=O)OCCCO)C(F)(F)F. The molecule has 1 N–H and O–H groups in total. The van der Waals surface area contributed by atoms with Crippen molar-refractivity contribution in [3.05, 3.63) is 0 Å². The number of carbonyl (C=O) groups excluding carboxylic acids is 1. The lowest BCUT2D eigenvalue weighted by molar-refractivity contribution is -0.203. The molecule has 18 heavy (non-hydrogen) atoms. The Morgan fingerprint density at radius 2 is 1.89 bits per heavy atom. The molecule has 0 aromatic rings. The minimum atomic E-state index is -4.59. The van der Waals surface area contributed by atoms with Crippen molar-refractivity contribution in [2.24, 2.45) is 11.3 Å². The highest BCUT2D eigenvalue weighted by atomic mass is 19.4. The van der Waals surface area contributed by atoms with E-state index in [1.807, 2.05) is 0 Å². The second kappa shape index (κ2) is 6.97. The van der Waals surface area contributed by atoms with Gasteiger partial charge < -0.3 is 9.84 Å². The van der Waals surface area contributed by atoms with E-state index >= 15 is 0 Å². The van der Waals surface area contributed by atoms with Gasteiger partial charge in [-0.2, -0.15) is 13.2 Å². The minimum Gasteiger partial charge on any atom is -0.465 e. The van der Waals surface area contributed by atoms with Gasteiger partial charge in [0.05, 0.1) is 6.61 Å². The molecular weight excluding hydrogens is 249 g/mol. The molecule has 0 aromatic carbocycles. The molecule has 0 heterocycles. The molecule has 0 fully saturated rings. The Bertz CT molecular complexity index is 262. The van der Waals surface area contributed by atoms with Crippen LogP contribution in [-0.4, -0.2) is 30.5 Å². The monoisotopic (exact) mass is 270 g/mol. The number of aliphatic hydroxyl groups excluding tert-OH is 1. The smallest absolute Gasteiger partial charge is 0.402 e. The van der Waals surface area contributed by atoms with E-state index in [1.165, 1.54) is 0 Å². The summed E-state index contributed by atoms with van der Waals surface area (Å²) in [6, 6.07) is 0. The van der Waals surface area contributed by atoms with E-state index in [0.29, 0.717) is 6.42 Å². The van der Waals surface area contributed by atoms with Crippen molar-refractivity contribution in [1.82, 2.24) is 0 Å². The molecule has 3 nitrogen and oxygen atoms in total. The number of hydrogen-bond donors (Lipinski definition) is 1. The first-order valence-electron chi connectivity index (χ1n) is 5.98. The van der Waals surface area contributed by atoms with Crippen molar-refractivity contribution in [3.63, 3.8) is 0 Å². The normalized spacial score (nSPS) is 14.4. The molecule has 0 aliphatic rings. The number of halogens is 3. The zero-order valence-electron chi connectivity index (χ0n) is 11.0. The van der Waals surface area contributed by atoms with Crippen LogP contribution in [-0.2, 0) is 9.53 Å². The van der Waals surface area contributed by atoms with Crippen LogP contribution in [0.25, 0.3) is 0 Å². The Morgan fingerprint density at radius 1 is 1.33 bits per heavy atom. The van der Waals surface area contributed by atoms with Crippen molar-refractivity contribution >= 4 is 5.97 Å². The second-order valence-corrected chi connectivity index (χ2v) is 5.06. The molecule has 0 aliphatic carbocycles. The summed E-state index contributed by atoms with van der Waals surface area (Å²) in [5.41, 5.74) is -0.573. The van der Waals surface area contributed by atoms with E-state index in [4.69, 9.17) is 5.11 Å². The first-order chi connectivity index (χ1) is 8.14. The maximum atomic E-state index is 12.8. The van der Waals surface area contributed by atoms with Crippen LogP contribution >= 0.6 is 0 Å². The third-order valence-electron chi connectivity index (χ3n) is 2.94. The summed E-state index contributed by atoms with van der Waals surface area (Å²) in [5.74, 6) is -3.34. The van der Waals surface area contributed by atoms with E-state index in [9.17, 15) is 18.0 Å². The summed E-state index contributed by atoms with van der Waals surface area (Å²) in [5, 5.41) is 8.49. The number of aliphatic hydroxyl groups is 1. The number of alkyl halides is 3. The van der Waals surface area contributed by atoms with Crippen LogP contribution in [0.1, 0.15) is 40.0 Å². The van der Waals surface area contributed by atoms with E-state index in [2.05, 4.69) is 4.74 Å². The standard InChI is InChI=1S/C12H21F3O3/c1-4-11(2,3)8-9(12(13,14)15)10(17)18-7-5-6-16/h9,16H,4-8H2,1-3H3. The van der Waals surface area contributed by atoms with Gasteiger partial charge in [0, 0.05) is 13.0 Å². The van der Waals surface area contributed by atoms with Gasteiger partial charge >= 0.3 is 12.1 Å². The molecule has 108 valence electrons. The number of carbonyl (C=O) groups is 1. The number of esters is 1. The predicted molar refractivity (Wildman–Crippen MR) is 60.9 cm³/mol. The zero-order chi connectivity index (χ0) is 14.4. The van der Waals surface area contributed by atoms with Crippen LogP contribution in [0.4, 0.5) is 13.2 Å². The summed E-state index contributed by atoms with van der Waals surface area (Å²) in [6.45, 7) is 4.75. The van der Waals surface area contributed by atoms with Crippen molar-refractivity contribution in [2.75, 3.05) is 13.2 Å². The van der Waals surface area contributed by atoms with Crippen molar-refractivity contribution in [3.8, 4) is 0 Å². The van der Waals surface area contributed by atoms with E-state index in [1.54, 1.807) is 20.8 Å². The van der Waals surface area contributed by atoms with E-state index < -0.39 is 23.5 Å². The fourth-order valence-electron chi connectivity index (χ4n) is 1.37. The highest BCUT2D eigenvalue weighted by molar-refractivity contribution is 5.73. The first-order valence-corrected chi connectivity index (χ1v) is 5.98. The third-order valence-corrected chi connectivity index (χ3v) is 2.94.